The number of nitrogens with zero attached hydrogens (tertiary/aromatic N) is 3. The van der Waals surface area contributed by atoms with Crippen molar-refractivity contribution in [3.8, 4) is 0 Å². The minimum absolute atomic E-state index is 0.00117. The van der Waals surface area contributed by atoms with Gasteiger partial charge in [-0.3, -0.25) is 19.8 Å². The first kappa shape index (κ1) is 19.2. The summed E-state index contributed by atoms with van der Waals surface area (Å²) in [5.74, 6) is -0.196. The molecule has 0 spiro atoms. The lowest BCUT2D eigenvalue weighted by Crippen LogP contribution is -2.36. The molecule has 0 bridgehead atoms. The lowest BCUT2D eigenvalue weighted by molar-refractivity contribution is -0.384. The van der Waals surface area contributed by atoms with Gasteiger partial charge in [0.05, 0.1) is 27.8 Å². The molecule has 3 aromatic rings. The third-order valence-corrected chi connectivity index (χ3v) is 5.77. The van der Waals surface area contributed by atoms with Gasteiger partial charge in [-0.2, -0.15) is 0 Å². The van der Waals surface area contributed by atoms with Gasteiger partial charge in [-0.25, -0.2) is 4.98 Å². The molecular formula is C21H19N3O4S. The predicted molar refractivity (Wildman–Crippen MR) is 113 cm³/mol. The molecule has 1 aliphatic rings. The Morgan fingerprint density at radius 2 is 2.07 bits per heavy atom. The Morgan fingerprint density at radius 1 is 1.28 bits per heavy atom. The van der Waals surface area contributed by atoms with Crippen LogP contribution in [0.1, 0.15) is 18.4 Å². The number of para-hydroxylation sites is 1. The summed E-state index contributed by atoms with van der Waals surface area (Å²) in [5.41, 5.74) is 1.59. The fraction of sp³-hybridized carbons (Fsp3) is 0.238. The number of hydrogen-bond acceptors (Lipinski definition) is 6. The van der Waals surface area contributed by atoms with Crippen LogP contribution in [0.5, 0.6) is 0 Å². The zero-order valence-corrected chi connectivity index (χ0v) is 16.4. The second-order valence-electron chi connectivity index (χ2n) is 6.73. The summed E-state index contributed by atoms with van der Waals surface area (Å²) in [6.45, 7) is 1.16. The number of ether oxygens (including phenoxy) is 1. The molecule has 4 rings (SSSR count). The monoisotopic (exact) mass is 409 g/mol. The van der Waals surface area contributed by atoms with E-state index in [1.807, 2.05) is 24.3 Å². The fourth-order valence-corrected chi connectivity index (χ4v) is 4.17. The molecule has 1 unspecified atom stereocenters. The molecule has 0 aliphatic carbocycles. The van der Waals surface area contributed by atoms with Crippen molar-refractivity contribution in [1.29, 1.82) is 0 Å². The number of fused-ring (bicyclic) bond motifs is 1. The van der Waals surface area contributed by atoms with Crippen molar-refractivity contribution in [2.75, 3.05) is 18.1 Å². The van der Waals surface area contributed by atoms with Gasteiger partial charge < -0.3 is 4.74 Å². The summed E-state index contributed by atoms with van der Waals surface area (Å²) in [5, 5.41) is 11.4. The fourth-order valence-electron chi connectivity index (χ4n) is 3.19. The highest BCUT2D eigenvalue weighted by molar-refractivity contribution is 7.22. The van der Waals surface area contributed by atoms with E-state index in [1.54, 1.807) is 23.1 Å². The Kier molecular flexibility index (Phi) is 5.64. The third-order valence-electron chi connectivity index (χ3n) is 4.71. The summed E-state index contributed by atoms with van der Waals surface area (Å²) in [7, 11) is 0. The quantitative estimate of drug-likeness (QED) is 0.342. The highest BCUT2D eigenvalue weighted by Gasteiger charge is 2.25. The summed E-state index contributed by atoms with van der Waals surface area (Å²) < 4.78 is 6.74. The van der Waals surface area contributed by atoms with Gasteiger partial charge in [0.1, 0.15) is 0 Å². The zero-order valence-electron chi connectivity index (χ0n) is 15.6. The van der Waals surface area contributed by atoms with Crippen LogP contribution in [0.15, 0.2) is 54.6 Å². The van der Waals surface area contributed by atoms with Crippen molar-refractivity contribution < 1.29 is 14.5 Å². The average Bonchev–Trinajstić information content (AvgIpc) is 3.39. The topological polar surface area (TPSA) is 85.6 Å². The second kappa shape index (κ2) is 8.50. The molecule has 0 N–H and O–H groups in total. The van der Waals surface area contributed by atoms with Crippen molar-refractivity contribution >= 4 is 44.4 Å². The van der Waals surface area contributed by atoms with E-state index in [9.17, 15) is 14.9 Å². The van der Waals surface area contributed by atoms with Gasteiger partial charge in [-0.1, -0.05) is 23.5 Å². The van der Waals surface area contributed by atoms with Crippen molar-refractivity contribution in [3.63, 3.8) is 0 Å². The van der Waals surface area contributed by atoms with Crippen molar-refractivity contribution in [1.82, 2.24) is 4.98 Å². The number of carbonyl (C=O) groups excluding carboxylic acids is 1. The molecule has 2 heterocycles. The lowest BCUT2D eigenvalue weighted by Gasteiger charge is -2.21. The standard InChI is InChI=1S/C21H19N3O4S/c25-20(12-9-15-7-10-16(11-8-15)24(26)27)23(14-17-4-3-13-28-17)21-22-18-5-1-2-6-19(18)29-21/h1-2,5-12,17H,3-4,13-14H2/b12-9-. The molecule has 8 heteroatoms. The molecule has 1 fully saturated rings. The van der Waals surface area contributed by atoms with E-state index in [4.69, 9.17) is 4.74 Å². The van der Waals surface area contributed by atoms with Gasteiger partial charge in [0.2, 0.25) is 0 Å². The molecule has 0 saturated carbocycles. The molecule has 1 aromatic heterocycles. The van der Waals surface area contributed by atoms with Gasteiger partial charge in [0.25, 0.3) is 11.6 Å². The number of hydrogen-bond donors (Lipinski definition) is 0. The number of carbonyl (C=O) groups is 1. The van der Waals surface area contributed by atoms with Crippen LogP contribution in [-0.4, -0.2) is 35.1 Å². The van der Waals surface area contributed by atoms with Crippen LogP contribution in [0, 0.1) is 10.1 Å². The maximum atomic E-state index is 13.0. The van der Waals surface area contributed by atoms with Crippen LogP contribution in [0.25, 0.3) is 16.3 Å². The Bertz CT molecular complexity index is 1020. The van der Waals surface area contributed by atoms with Crippen molar-refractivity contribution in [3.05, 3.63) is 70.3 Å². The first-order valence-corrected chi connectivity index (χ1v) is 10.1. The molecule has 148 valence electrons. The van der Waals surface area contributed by atoms with Crippen LogP contribution in [0.3, 0.4) is 0 Å². The molecule has 1 aliphatic heterocycles. The second-order valence-corrected chi connectivity index (χ2v) is 7.74. The van der Waals surface area contributed by atoms with Crippen LogP contribution >= 0.6 is 11.3 Å². The molecule has 1 amide bonds. The molecule has 1 saturated heterocycles. The van der Waals surface area contributed by atoms with Gasteiger partial charge >= 0.3 is 0 Å². The number of rotatable bonds is 6. The molecule has 0 radical (unpaired) electrons. The van der Waals surface area contributed by atoms with E-state index in [1.165, 1.54) is 29.5 Å². The number of aromatic nitrogens is 1. The molecule has 1 atom stereocenters. The maximum Gasteiger partial charge on any atom is 0.269 e. The smallest absolute Gasteiger partial charge is 0.269 e. The summed E-state index contributed by atoms with van der Waals surface area (Å²) >= 11 is 1.47. The summed E-state index contributed by atoms with van der Waals surface area (Å²) in [4.78, 5) is 29.6. The number of nitro groups is 1. The number of non-ortho nitro benzene ring substituents is 1. The minimum atomic E-state index is -0.449. The largest absolute Gasteiger partial charge is 0.376 e. The number of thiazole rings is 1. The van der Waals surface area contributed by atoms with Crippen LogP contribution < -0.4 is 4.90 Å². The highest BCUT2D eigenvalue weighted by atomic mass is 32.1. The average molecular weight is 409 g/mol. The maximum absolute atomic E-state index is 13.0. The number of amides is 1. The normalized spacial score (nSPS) is 16.5. The Hall–Kier alpha value is -3.10. The molecule has 7 nitrogen and oxygen atoms in total. The number of anilines is 1. The van der Waals surface area contributed by atoms with Gasteiger partial charge in [-0.05, 0) is 48.7 Å². The van der Waals surface area contributed by atoms with E-state index in [-0.39, 0.29) is 17.7 Å². The molecule has 29 heavy (non-hydrogen) atoms. The Balaban J connectivity index is 1.57. The molecular weight excluding hydrogens is 390 g/mol. The summed E-state index contributed by atoms with van der Waals surface area (Å²) in [6, 6.07) is 13.9. The van der Waals surface area contributed by atoms with Gasteiger partial charge in [-0.15, -0.1) is 0 Å². The van der Waals surface area contributed by atoms with Crippen LogP contribution in [0.2, 0.25) is 0 Å². The SMILES string of the molecule is O=C(/C=C\c1ccc([N+](=O)[O-])cc1)N(CC1CCCO1)c1nc2ccccc2s1. The lowest BCUT2D eigenvalue weighted by atomic mass is 10.2. The van der Waals surface area contributed by atoms with Crippen molar-refractivity contribution in [2.24, 2.45) is 0 Å². The van der Waals surface area contributed by atoms with E-state index < -0.39 is 4.92 Å². The summed E-state index contributed by atoms with van der Waals surface area (Å²) in [6.07, 6.45) is 5.04. The first-order valence-electron chi connectivity index (χ1n) is 9.31. The van der Waals surface area contributed by atoms with Gasteiger partial charge in [0, 0.05) is 24.8 Å². The van der Waals surface area contributed by atoms with Crippen molar-refractivity contribution in [2.45, 2.75) is 18.9 Å². The first-order chi connectivity index (χ1) is 14.1. The van der Waals surface area contributed by atoms with Crippen LogP contribution in [0.4, 0.5) is 10.8 Å². The zero-order chi connectivity index (χ0) is 20.2. The Labute approximate surface area is 171 Å². The van der Waals surface area contributed by atoms with Crippen LogP contribution in [-0.2, 0) is 9.53 Å². The van der Waals surface area contributed by atoms with E-state index in [0.29, 0.717) is 23.8 Å². The third kappa shape index (κ3) is 4.49. The predicted octanol–water partition coefficient (Wildman–Crippen LogP) is 4.43. The number of benzene rings is 2. The number of nitro benzene ring substituents is 1. The minimum Gasteiger partial charge on any atom is -0.376 e. The Morgan fingerprint density at radius 3 is 2.76 bits per heavy atom. The van der Waals surface area contributed by atoms with E-state index in [0.717, 1.165) is 23.1 Å². The van der Waals surface area contributed by atoms with E-state index in [2.05, 4.69) is 4.98 Å². The van der Waals surface area contributed by atoms with E-state index >= 15 is 0 Å². The highest BCUT2D eigenvalue weighted by Crippen LogP contribution is 2.30. The molecule has 2 aromatic carbocycles. The van der Waals surface area contributed by atoms with Gasteiger partial charge in [0.15, 0.2) is 5.13 Å².